The van der Waals surface area contributed by atoms with Crippen molar-refractivity contribution in [3.05, 3.63) is 53.6 Å². The van der Waals surface area contributed by atoms with E-state index >= 15 is 0 Å². The highest BCUT2D eigenvalue weighted by molar-refractivity contribution is 5.92. The van der Waals surface area contributed by atoms with Gasteiger partial charge in [-0.3, -0.25) is 4.79 Å². The molecule has 2 N–H and O–H groups in total. The van der Waals surface area contributed by atoms with Crippen LogP contribution in [-0.4, -0.2) is 26.5 Å². The molecule has 6 heteroatoms. The highest BCUT2D eigenvalue weighted by Crippen LogP contribution is 2.35. The molecule has 21 heavy (non-hydrogen) atoms. The molecule has 3 rings (SSSR count). The maximum atomic E-state index is 12.2. The second-order valence-corrected chi connectivity index (χ2v) is 5.07. The molecule has 2 aromatic rings. The Balaban J connectivity index is 1.62. The lowest BCUT2D eigenvalue weighted by Gasteiger charge is -2.08. The van der Waals surface area contributed by atoms with Gasteiger partial charge >= 0.3 is 5.97 Å². The number of carboxylic acid groups (broad SMARTS) is 1. The van der Waals surface area contributed by atoms with E-state index in [1.165, 1.54) is 12.3 Å². The zero-order chi connectivity index (χ0) is 14.8. The summed E-state index contributed by atoms with van der Waals surface area (Å²) in [5, 5.41) is 11.6. The van der Waals surface area contributed by atoms with Crippen molar-refractivity contribution in [2.24, 2.45) is 0 Å². The van der Waals surface area contributed by atoms with E-state index in [9.17, 15) is 9.59 Å². The van der Waals surface area contributed by atoms with Gasteiger partial charge in [0, 0.05) is 25.0 Å². The molecule has 0 aromatic carbocycles. The predicted octanol–water partition coefficient (Wildman–Crippen LogP) is 1.85. The third-order valence-corrected chi connectivity index (χ3v) is 3.45. The molecule has 2 heterocycles. The van der Waals surface area contributed by atoms with Crippen LogP contribution in [0.1, 0.15) is 45.4 Å². The lowest BCUT2D eigenvalue weighted by atomic mass is 10.2. The van der Waals surface area contributed by atoms with Gasteiger partial charge in [-0.15, -0.1) is 0 Å². The molecule has 6 nitrogen and oxygen atoms in total. The Bertz CT molecular complexity index is 672. The second-order valence-electron chi connectivity index (χ2n) is 5.07. The fourth-order valence-electron chi connectivity index (χ4n) is 2.19. The number of aromatic nitrogens is 2. The van der Waals surface area contributed by atoms with Crippen LogP contribution >= 0.6 is 0 Å². The molecule has 0 unspecified atom stereocenters. The molecule has 1 amide bonds. The first-order chi connectivity index (χ1) is 10.1. The zero-order valence-electron chi connectivity index (χ0n) is 11.3. The maximum absolute atomic E-state index is 12.2. The Labute approximate surface area is 121 Å². The molecule has 0 bridgehead atoms. The molecule has 108 valence electrons. The van der Waals surface area contributed by atoms with Gasteiger partial charge < -0.3 is 15.0 Å². The second kappa shape index (κ2) is 5.40. The van der Waals surface area contributed by atoms with Crippen molar-refractivity contribution in [3.63, 3.8) is 0 Å². The molecule has 1 saturated carbocycles. The SMILES string of the molecule is O=C(O)c1ccc(CNC(=O)c2cccn2C2CC2)cn1. The lowest BCUT2D eigenvalue weighted by molar-refractivity contribution is 0.0690. The minimum atomic E-state index is -1.06. The minimum Gasteiger partial charge on any atom is -0.477 e. The molecular formula is C15H15N3O3. The number of carbonyl (C=O) groups excluding carboxylic acids is 1. The Morgan fingerprint density at radius 1 is 1.33 bits per heavy atom. The van der Waals surface area contributed by atoms with Crippen LogP contribution < -0.4 is 5.32 Å². The molecule has 1 aliphatic carbocycles. The van der Waals surface area contributed by atoms with Gasteiger partial charge in [-0.25, -0.2) is 9.78 Å². The van der Waals surface area contributed by atoms with Gasteiger partial charge in [0.05, 0.1) is 0 Å². The number of aromatic carboxylic acids is 1. The summed E-state index contributed by atoms with van der Waals surface area (Å²) in [6.07, 6.45) is 5.63. The molecular weight excluding hydrogens is 270 g/mol. The van der Waals surface area contributed by atoms with Gasteiger partial charge in [0.25, 0.3) is 5.91 Å². The molecule has 1 fully saturated rings. The van der Waals surface area contributed by atoms with Crippen molar-refractivity contribution in [1.82, 2.24) is 14.9 Å². The van der Waals surface area contributed by atoms with Crippen LogP contribution in [-0.2, 0) is 6.54 Å². The van der Waals surface area contributed by atoms with Crippen molar-refractivity contribution in [2.75, 3.05) is 0 Å². The smallest absolute Gasteiger partial charge is 0.354 e. The fourth-order valence-corrected chi connectivity index (χ4v) is 2.19. The Hall–Kier alpha value is -2.63. The highest BCUT2D eigenvalue weighted by Gasteiger charge is 2.26. The van der Waals surface area contributed by atoms with Crippen LogP contribution in [0.5, 0.6) is 0 Å². The van der Waals surface area contributed by atoms with Crippen LogP contribution in [0, 0.1) is 0 Å². The van der Waals surface area contributed by atoms with Crippen LogP contribution in [0.15, 0.2) is 36.7 Å². The topological polar surface area (TPSA) is 84.2 Å². The van der Waals surface area contributed by atoms with Gasteiger partial charge in [0.1, 0.15) is 11.4 Å². The number of pyridine rings is 1. The number of amides is 1. The first kappa shape index (κ1) is 13.4. The molecule has 0 aliphatic heterocycles. The Morgan fingerprint density at radius 2 is 2.14 bits per heavy atom. The molecule has 1 aliphatic rings. The molecule has 2 aromatic heterocycles. The maximum Gasteiger partial charge on any atom is 0.354 e. The number of carboxylic acids is 1. The van der Waals surface area contributed by atoms with E-state index in [2.05, 4.69) is 10.3 Å². The average Bonchev–Trinajstić information content (AvgIpc) is 3.22. The zero-order valence-corrected chi connectivity index (χ0v) is 11.3. The predicted molar refractivity (Wildman–Crippen MR) is 75.1 cm³/mol. The number of hydrogen-bond acceptors (Lipinski definition) is 3. The van der Waals surface area contributed by atoms with Crippen molar-refractivity contribution < 1.29 is 14.7 Å². The van der Waals surface area contributed by atoms with E-state index in [1.807, 2.05) is 16.8 Å². The van der Waals surface area contributed by atoms with Crippen LogP contribution in [0.4, 0.5) is 0 Å². The van der Waals surface area contributed by atoms with Gasteiger partial charge in [-0.1, -0.05) is 6.07 Å². The molecule has 0 saturated heterocycles. The number of carbonyl (C=O) groups is 2. The summed E-state index contributed by atoms with van der Waals surface area (Å²) in [5.41, 5.74) is 1.41. The monoisotopic (exact) mass is 285 g/mol. The van der Waals surface area contributed by atoms with Crippen LogP contribution in [0.2, 0.25) is 0 Å². The largest absolute Gasteiger partial charge is 0.477 e. The summed E-state index contributed by atoms with van der Waals surface area (Å²) in [6, 6.07) is 7.21. The normalized spacial score (nSPS) is 13.9. The molecule has 0 spiro atoms. The Morgan fingerprint density at radius 3 is 2.76 bits per heavy atom. The quantitative estimate of drug-likeness (QED) is 0.878. The van der Waals surface area contributed by atoms with E-state index in [0.717, 1.165) is 18.4 Å². The summed E-state index contributed by atoms with van der Waals surface area (Å²) in [5.74, 6) is -1.19. The van der Waals surface area contributed by atoms with E-state index in [-0.39, 0.29) is 11.6 Å². The van der Waals surface area contributed by atoms with E-state index in [0.29, 0.717) is 18.3 Å². The summed E-state index contributed by atoms with van der Waals surface area (Å²) in [7, 11) is 0. The molecule has 0 atom stereocenters. The summed E-state index contributed by atoms with van der Waals surface area (Å²) in [6.45, 7) is 0.321. The van der Waals surface area contributed by atoms with Crippen molar-refractivity contribution in [1.29, 1.82) is 0 Å². The lowest BCUT2D eigenvalue weighted by Crippen LogP contribution is -2.25. The van der Waals surface area contributed by atoms with Gasteiger partial charge in [0.15, 0.2) is 0 Å². The fraction of sp³-hybridized carbons (Fsp3) is 0.267. The molecule has 0 radical (unpaired) electrons. The van der Waals surface area contributed by atoms with E-state index in [1.54, 1.807) is 12.1 Å². The van der Waals surface area contributed by atoms with Gasteiger partial charge in [-0.05, 0) is 36.6 Å². The van der Waals surface area contributed by atoms with Gasteiger partial charge in [-0.2, -0.15) is 0 Å². The van der Waals surface area contributed by atoms with Gasteiger partial charge in [0.2, 0.25) is 0 Å². The standard InChI is InChI=1S/C15H15N3O3/c19-14(13-2-1-7-18(13)11-4-5-11)17-9-10-3-6-12(15(20)21)16-8-10/h1-3,6-8,11H,4-5,9H2,(H,17,19)(H,20,21). The van der Waals surface area contributed by atoms with Crippen molar-refractivity contribution in [3.8, 4) is 0 Å². The number of rotatable bonds is 5. The first-order valence-electron chi connectivity index (χ1n) is 6.78. The van der Waals surface area contributed by atoms with Crippen LogP contribution in [0.25, 0.3) is 0 Å². The number of nitrogens with zero attached hydrogens (tertiary/aromatic N) is 2. The van der Waals surface area contributed by atoms with E-state index in [4.69, 9.17) is 5.11 Å². The first-order valence-corrected chi connectivity index (χ1v) is 6.78. The summed E-state index contributed by atoms with van der Waals surface area (Å²) < 4.78 is 2.00. The third-order valence-electron chi connectivity index (χ3n) is 3.45. The van der Waals surface area contributed by atoms with Crippen molar-refractivity contribution in [2.45, 2.75) is 25.4 Å². The minimum absolute atomic E-state index is 0.00677. The summed E-state index contributed by atoms with van der Waals surface area (Å²) >= 11 is 0. The van der Waals surface area contributed by atoms with E-state index < -0.39 is 5.97 Å². The van der Waals surface area contributed by atoms with Crippen molar-refractivity contribution >= 4 is 11.9 Å². The highest BCUT2D eigenvalue weighted by atomic mass is 16.4. The Kier molecular flexibility index (Phi) is 3.43. The summed E-state index contributed by atoms with van der Waals surface area (Å²) in [4.78, 5) is 26.7. The average molecular weight is 285 g/mol. The number of hydrogen-bond donors (Lipinski definition) is 2. The van der Waals surface area contributed by atoms with Crippen LogP contribution in [0.3, 0.4) is 0 Å². The number of nitrogens with one attached hydrogen (secondary N) is 1. The third kappa shape index (κ3) is 2.94.